The van der Waals surface area contributed by atoms with Gasteiger partial charge in [-0.05, 0) is 64.8 Å². The van der Waals surface area contributed by atoms with Crippen molar-refractivity contribution < 1.29 is 4.74 Å². The van der Waals surface area contributed by atoms with Crippen molar-refractivity contribution in [3.8, 4) is 5.75 Å². The second-order valence-corrected chi connectivity index (χ2v) is 5.55. The second-order valence-electron chi connectivity index (χ2n) is 5.55. The minimum Gasteiger partial charge on any atom is -0.494 e. The fraction of sp³-hybridized carbons (Fsp3) is 0.600. The largest absolute Gasteiger partial charge is 0.494 e. The number of aryl methyl sites for hydroxylation is 1. The molecule has 1 aromatic carbocycles. The van der Waals surface area contributed by atoms with Gasteiger partial charge in [0.2, 0.25) is 0 Å². The van der Waals surface area contributed by atoms with E-state index in [-0.39, 0.29) is 5.54 Å². The third-order valence-corrected chi connectivity index (χ3v) is 2.48. The summed E-state index contributed by atoms with van der Waals surface area (Å²) in [6.07, 6.45) is 2.25. The van der Waals surface area contributed by atoms with Crippen LogP contribution in [-0.2, 0) is 0 Å². The molecule has 0 radical (unpaired) electrons. The number of unbranched alkanes of at least 4 members (excludes halogenated alkanes) is 1. The van der Waals surface area contributed by atoms with Crippen molar-refractivity contribution in [3.63, 3.8) is 0 Å². The van der Waals surface area contributed by atoms with Gasteiger partial charge in [-0.1, -0.05) is 12.1 Å². The van der Waals surface area contributed by atoms with Gasteiger partial charge in [0.25, 0.3) is 0 Å². The van der Waals surface area contributed by atoms with E-state index in [4.69, 9.17) is 4.74 Å². The number of rotatable bonds is 6. The lowest BCUT2D eigenvalue weighted by Gasteiger charge is -2.20. The second kappa shape index (κ2) is 6.65. The summed E-state index contributed by atoms with van der Waals surface area (Å²) in [6.45, 7) is 10.5. The van der Waals surface area contributed by atoms with Gasteiger partial charge in [-0.15, -0.1) is 0 Å². The predicted octanol–water partition coefficient (Wildman–Crippen LogP) is 3.54. The minimum absolute atomic E-state index is 0.220. The van der Waals surface area contributed by atoms with Crippen LogP contribution in [0.3, 0.4) is 0 Å². The van der Waals surface area contributed by atoms with Crippen molar-refractivity contribution in [1.82, 2.24) is 5.32 Å². The van der Waals surface area contributed by atoms with E-state index < -0.39 is 0 Å². The molecule has 96 valence electrons. The van der Waals surface area contributed by atoms with Crippen molar-refractivity contribution in [1.29, 1.82) is 0 Å². The van der Waals surface area contributed by atoms with Crippen molar-refractivity contribution >= 4 is 0 Å². The molecule has 0 bridgehead atoms. The molecule has 0 saturated carbocycles. The standard InChI is InChI=1S/C15H25NO/c1-13-8-7-9-14(12-13)17-11-6-5-10-16-15(2,3)4/h7-9,12,16H,5-6,10-11H2,1-4H3. The van der Waals surface area contributed by atoms with Gasteiger partial charge in [-0.3, -0.25) is 0 Å². The Morgan fingerprint density at radius 1 is 1.18 bits per heavy atom. The fourth-order valence-corrected chi connectivity index (χ4v) is 1.59. The summed E-state index contributed by atoms with van der Waals surface area (Å²) in [4.78, 5) is 0. The first-order valence-corrected chi connectivity index (χ1v) is 6.42. The van der Waals surface area contributed by atoms with Crippen LogP contribution in [-0.4, -0.2) is 18.7 Å². The lowest BCUT2D eigenvalue weighted by Crippen LogP contribution is -2.36. The highest BCUT2D eigenvalue weighted by molar-refractivity contribution is 5.27. The maximum absolute atomic E-state index is 5.69. The highest BCUT2D eigenvalue weighted by atomic mass is 16.5. The van der Waals surface area contributed by atoms with Crippen molar-refractivity contribution in [2.24, 2.45) is 0 Å². The zero-order chi connectivity index (χ0) is 12.7. The van der Waals surface area contributed by atoms with Gasteiger partial charge < -0.3 is 10.1 Å². The van der Waals surface area contributed by atoms with Crippen LogP contribution < -0.4 is 10.1 Å². The molecule has 0 saturated heterocycles. The molecule has 1 N–H and O–H groups in total. The number of nitrogens with one attached hydrogen (secondary N) is 1. The van der Waals surface area contributed by atoms with E-state index in [9.17, 15) is 0 Å². The van der Waals surface area contributed by atoms with E-state index in [1.165, 1.54) is 5.56 Å². The molecule has 2 heteroatoms. The Morgan fingerprint density at radius 2 is 1.94 bits per heavy atom. The molecule has 0 aromatic heterocycles. The van der Waals surface area contributed by atoms with Crippen LogP contribution in [0.1, 0.15) is 39.2 Å². The lowest BCUT2D eigenvalue weighted by atomic mass is 10.1. The van der Waals surface area contributed by atoms with Crippen molar-refractivity contribution in [3.05, 3.63) is 29.8 Å². The van der Waals surface area contributed by atoms with Crippen LogP contribution in [0.15, 0.2) is 24.3 Å². The van der Waals surface area contributed by atoms with Crippen LogP contribution in [0.4, 0.5) is 0 Å². The molecule has 0 aliphatic carbocycles. The Hall–Kier alpha value is -1.02. The molecule has 1 aromatic rings. The molecular formula is C15H25NO. The summed E-state index contributed by atoms with van der Waals surface area (Å²) in [7, 11) is 0. The van der Waals surface area contributed by atoms with Gasteiger partial charge in [0, 0.05) is 5.54 Å². The van der Waals surface area contributed by atoms with Gasteiger partial charge in [0.05, 0.1) is 6.61 Å². The quantitative estimate of drug-likeness (QED) is 0.761. The van der Waals surface area contributed by atoms with Crippen LogP contribution in [0, 0.1) is 6.92 Å². The van der Waals surface area contributed by atoms with Crippen LogP contribution in [0.5, 0.6) is 5.75 Å². The average Bonchev–Trinajstić information content (AvgIpc) is 2.22. The first-order chi connectivity index (χ1) is 7.97. The molecule has 0 unspecified atom stereocenters. The van der Waals surface area contributed by atoms with Crippen molar-refractivity contribution in [2.45, 2.75) is 46.1 Å². The molecule has 2 nitrogen and oxygen atoms in total. The molecule has 17 heavy (non-hydrogen) atoms. The summed E-state index contributed by atoms with van der Waals surface area (Å²) in [5, 5.41) is 3.47. The number of hydrogen-bond acceptors (Lipinski definition) is 2. The van der Waals surface area contributed by atoms with Gasteiger partial charge in [-0.25, -0.2) is 0 Å². The van der Waals surface area contributed by atoms with Crippen LogP contribution >= 0.6 is 0 Å². The fourth-order valence-electron chi connectivity index (χ4n) is 1.59. The molecule has 0 aliphatic rings. The van der Waals surface area contributed by atoms with E-state index in [0.717, 1.165) is 31.7 Å². The van der Waals surface area contributed by atoms with Gasteiger partial charge in [-0.2, -0.15) is 0 Å². The molecule has 0 amide bonds. The Morgan fingerprint density at radius 3 is 2.59 bits per heavy atom. The SMILES string of the molecule is Cc1cccc(OCCCCNC(C)(C)C)c1. The Balaban J connectivity index is 2.09. The summed E-state index contributed by atoms with van der Waals surface area (Å²) < 4.78 is 5.69. The topological polar surface area (TPSA) is 21.3 Å². The van der Waals surface area contributed by atoms with Crippen LogP contribution in [0.25, 0.3) is 0 Å². The molecule has 0 atom stereocenters. The average molecular weight is 235 g/mol. The monoisotopic (exact) mass is 235 g/mol. The van der Waals surface area contributed by atoms with E-state index >= 15 is 0 Å². The lowest BCUT2D eigenvalue weighted by molar-refractivity contribution is 0.301. The number of ether oxygens (including phenoxy) is 1. The van der Waals surface area contributed by atoms with E-state index in [0.29, 0.717) is 0 Å². The normalized spacial score (nSPS) is 11.5. The summed E-state index contributed by atoms with van der Waals surface area (Å²) in [6, 6.07) is 8.21. The predicted molar refractivity (Wildman–Crippen MR) is 73.7 cm³/mol. The smallest absolute Gasteiger partial charge is 0.119 e. The molecule has 0 fully saturated rings. The highest BCUT2D eigenvalue weighted by Crippen LogP contribution is 2.12. The minimum atomic E-state index is 0.220. The third-order valence-electron chi connectivity index (χ3n) is 2.48. The highest BCUT2D eigenvalue weighted by Gasteiger charge is 2.06. The Bertz CT molecular complexity index is 328. The maximum atomic E-state index is 5.69. The van der Waals surface area contributed by atoms with Gasteiger partial charge in [0.1, 0.15) is 5.75 Å². The Kier molecular flexibility index (Phi) is 5.49. The zero-order valence-electron chi connectivity index (χ0n) is 11.5. The molecule has 0 heterocycles. The van der Waals surface area contributed by atoms with E-state index in [1.807, 2.05) is 12.1 Å². The van der Waals surface area contributed by atoms with E-state index in [1.54, 1.807) is 0 Å². The molecule has 0 aliphatic heterocycles. The summed E-state index contributed by atoms with van der Waals surface area (Å²) >= 11 is 0. The van der Waals surface area contributed by atoms with Crippen molar-refractivity contribution in [2.75, 3.05) is 13.2 Å². The third kappa shape index (κ3) is 7.01. The number of benzene rings is 1. The summed E-state index contributed by atoms with van der Waals surface area (Å²) in [5.74, 6) is 0.980. The Labute approximate surface area is 105 Å². The van der Waals surface area contributed by atoms with E-state index in [2.05, 4.69) is 45.1 Å². The first kappa shape index (κ1) is 14.0. The van der Waals surface area contributed by atoms with Crippen LogP contribution in [0.2, 0.25) is 0 Å². The first-order valence-electron chi connectivity index (χ1n) is 6.42. The molecule has 1 rings (SSSR count). The molecule has 0 spiro atoms. The summed E-state index contributed by atoms with van der Waals surface area (Å²) in [5.41, 5.74) is 1.47. The maximum Gasteiger partial charge on any atom is 0.119 e. The van der Waals surface area contributed by atoms with Gasteiger partial charge in [0.15, 0.2) is 0 Å². The molecular weight excluding hydrogens is 210 g/mol. The number of hydrogen-bond donors (Lipinski definition) is 1. The zero-order valence-corrected chi connectivity index (χ0v) is 11.5. The van der Waals surface area contributed by atoms with Gasteiger partial charge >= 0.3 is 0 Å².